The van der Waals surface area contributed by atoms with Crippen molar-refractivity contribution < 1.29 is 13.9 Å². The van der Waals surface area contributed by atoms with Crippen molar-refractivity contribution in [2.24, 2.45) is 5.92 Å². The third-order valence-corrected chi connectivity index (χ3v) is 6.45. The van der Waals surface area contributed by atoms with Crippen molar-refractivity contribution in [3.8, 4) is 5.75 Å². The van der Waals surface area contributed by atoms with E-state index in [4.69, 9.17) is 4.74 Å². The Morgan fingerprint density at radius 3 is 2.50 bits per heavy atom. The predicted octanol–water partition coefficient (Wildman–Crippen LogP) is 7.76. The van der Waals surface area contributed by atoms with Crippen LogP contribution in [0.25, 0.3) is 0 Å². The van der Waals surface area contributed by atoms with Crippen LogP contribution < -0.4 is 15.4 Å². The Bertz CT molecular complexity index is 1090. The molecule has 1 amide bonds. The van der Waals surface area contributed by atoms with E-state index < -0.39 is 0 Å². The maximum atomic E-state index is 13.0. The van der Waals surface area contributed by atoms with E-state index >= 15 is 0 Å². The second-order valence-corrected chi connectivity index (χ2v) is 9.19. The molecular formula is C29H33FN2O2. The Hall–Kier alpha value is -3.34. The molecule has 0 bridgehead atoms. The summed E-state index contributed by atoms with van der Waals surface area (Å²) in [5.41, 5.74) is 4.64. The second kappa shape index (κ2) is 11.7. The van der Waals surface area contributed by atoms with Gasteiger partial charge in [0.25, 0.3) is 0 Å². The molecule has 178 valence electrons. The molecule has 3 aromatic rings. The molecule has 0 spiro atoms. The van der Waals surface area contributed by atoms with Gasteiger partial charge in [0, 0.05) is 23.5 Å². The average molecular weight is 461 g/mol. The SMILES string of the molecule is Cc1cc(OCc2ccc(F)cc2)ccc1Nc1cccc(NC(=O)CCC2CCCCC2)c1. The number of hydrogen-bond donors (Lipinski definition) is 2. The lowest BCUT2D eigenvalue weighted by Gasteiger charge is -2.21. The fraction of sp³-hybridized carbons (Fsp3) is 0.345. The van der Waals surface area contributed by atoms with Gasteiger partial charge in [-0.15, -0.1) is 0 Å². The zero-order valence-electron chi connectivity index (χ0n) is 19.8. The normalized spacial score (nSPS) is 13.9. The summed E-state index contributed by atoms with van der Waals surface area (Å²) in [6, 6.07) is 20.0. The minimum Gasteiger partial charge on any atom is -0.489 e. The monoisotopic (exact) mass is 460 g/mol. The Morgan fingerprint density at radius 2 is 1.74 bits per heavy atom. The molecule has 0 radical (unpaired) electrons. The summed E-state index contributed by atoms with van der Waals surface area (Å²) in [4.78, 5) is 12.4. The molecule has 0 atom stereocenters. The lowest BCUT2D eigenvalue weighted by atomic mass is 9.86. The van der Waals surface area contributed by atoms with Gasteiger partial charge in [0.1, 0.15) is 18.2 Å². The Kier molecular flexibility index (Phi) is 8.18. The summed E-state index contributed by atoms with van der Waals surface area (Å²) in [6.07, 6.45) is 8.05. The zero-order chi connectivity index (χ0) is 23.8. The highest BCUT2D eigenvalue weighted by Gasteiger charge is 2.15. The lowest BCUT2D eigenvalue weighted by Crippen LogP contribution is -2.14. The summed E-state index contributed by atoms with van der Waals surface area (Å²) in [5.74, 6) is 1.30. The molecule has 34 heavy (non-hydrogen) atoms. The van der Waals surface area contributed by atoms with E-state index in [9.17, 15) is 9.18 Å². The predicted molar refractivity (Wildman–Crippen MR) is 136 cm³/mol. The highest BCUT2D eigenvalue weighted by molar-refractivity contribution is 5.91. The van der Waals surface area contributed by atoms with Crippen LogP contribution in [-0.2, 0) is 11.4 Å². The maximum Gasteiger partial charge on any atom is 0.224 e. The van der Waals surface area contributed by atoms with Crippen molar-refractivity contribution in [1.29, 1.82) is 0 Å². The molecule has 2 N–H and O–H groups in total. The minimum atomic E-state index is -0.252. The van der Waals surface area contributed by atoms with Crippen molar-refractivity contribution in [1.82, 2.24) is 0 Å². The van der Waals surface area contributed by atoms with Crippen LogP contribution in [0.4, 0.5) is 21.5 Å². The lowest BCUT2D eigenvalue weighted by molar-refractivity contribution is -0.116. The summed E-state index contributed by atoms with van der Waals surface area (Å²) in [7, 11) is 0. The Balaban J connectivity index is 1.30. The van der Waals surface area contributed by atoms with Gasteiger partial charge in [-0.05, 0) is 78.9 Å². The summed E-state index contributed by atoms with van der Waals surface area (Å²) in [5, 5.41) is 6.47. The number of ether oxygens (including phenoxy) is 1. The van der Waals surface area contributed by atoms with Gasteiger partial charge < -0.3 is 15.4 Å². The zero-order valence-corrected chi connectivity index (χ0v) is 19.8. The van der Waals surface area contributed by atoms with Gasteiger partial charge >= 0.3 is 0 Å². The number of hydrogen-bond acceptors (Lipinski definition) is 3. The van der Waals surface area contributed by atoms with Crippen LogP contribution in [0.2, 0.25) is 0 Å². The van der Waals surface area contributed by atoms with Crippen molar-refractivity contribution in [2.75, 3.05) is 10.6 Å². The first-order valence-electron chi connectivity index (χ1n) is 12.2. The minimum absolute atomic E-state index is 0.0848. The number of amides is 1. The average Bonchev–Trinajstić information content (AvgIpc) is 2.85. The molecular weight excluding hydrogens is 427 g/mol. The van der Waals surface area contributed by atoms with E-state index in [1.807, 2.05) is 49.4 Å². The van der Waals surface area contributed by atoms with E-state index in [1.165, 1.54) is 44.2 Å². The topological polar surface area (TPSA) is 50.4 Å². The number of anilines is 3. The van der Waals surface area contributed by atoms with Gasteiger partial charge in [-0.25, -0.2) is 4.39 Å². The summed E-state index contributed by atoms with van der Waals surface area (Å²) >= 11 is 0. The molecule has 0 aromatic heterocycles. The number of aryl methyl sites for hydroxylation is 1. The van der Waals surface area contributed by atoms with E-state index in [-0.39, 0.29) is 11.7 Å². The van der Waals surface area contributed by atoms with Crippen molar-refractivity contribution in [3.63, 3.8) is 0 Å². The molecule has 1 aliphatic rings. The number of rotatable bonds is 9. The quantitative estimate of drug-likeness (QED) is 0.343. The molecule has 1 aliphatic carbocycles. The van der Waals surface area contributed by atoms with Gasteiger partial charge in [0.15, 0.2) is 0 Å². The first-order valence-corrected chi connectivity index (χ1v) is 12.2. The third kappa shape index (κ3) is 7.08. The number of halogens is 1. The van der Waals surface area contributed by atoms with Crippen LogP contribution in [0.1, 0.15) is 56.1 Å². The molecule has 3 aromatic carbocycles. The van der Waals surface area contributed by atoms with E-state index in [1.54, 1.807) is 12.1 Å². The van der Waals surface area contributed by atoms with Gasteiger partial charge in [0.05, 0.1) is 0 Å². The highest BCUT2D eigenvalue weighted by Crippen LogP contribution is 2.28. The molecule has 4 rings (SSSR count). The summed E-state index contributed by atoms with van der Waals surface area (Å²) in [6.45, 7) is 2.40. The first-order chi connectivity index (χ1) is 16.5. The van der Waals surface area contributed by atoms with Crippen molar-refractivity contribution >= 4 is 23.0 Å². The van der Waals surface area contributed by atoms with Crippen LogP contribution in [0.5, 0.6) is 5.75 Å². The van der Waals surface area contributed by atoms with E-state index in [0.717, 1.165) is 40.4 Å². The standard InChI is InChI=1S/C29H33FN2O2/c1-21-18-27(34-20-23-10-13-24(30)14-11-23)15-16-28(21)31-25-8-5-9-26(19-25)32-29(33)17-12-22-6-3-2-4-7-22/h5,8-11,13-16,18-19,22,31H,2-4,6-7,12,17,20H2,1H3,(H,32,33). The smallest absolute Gasteiger partial charge is 0.224 e. The fourth-order valence-corrected chi connectivity index (χ4v) is 4.48. The molecule has 0 heterocycles. The molecule has 1 fully saturated rings. The first kappa shape index (κ1) is 23.8. The number of carbonyl (C=O) groups excluding carboxylic acids is 1. The van der Waals surface area contributed by atoms with Crippen LogP contribution >= 0.6 is 0 Å². The van der Waals surface area contributed by atoms with Gasteiger partial charge in [0.2, 0.25) is 5.91 Å². The van der Waals surface area contributed by atoms with Crippen LogP contribution in [-0.4, -0.2) is 5.91 Å². The van der Waals surface area contributed by atoms with Gasteiger partial charge in [-0.1, -0.05) is 50.3 Å². The molecule has 4 nitrogen and oxygen atoms in total. The van der Waals surface area contributed by atoms with Crippen molar-refractivity contribution in [2.45, 2.75) is 58.5 Å². The number of carbonyl (C=O) groups is 1. The van der Waals surface area contributed by atoms with E-state index in [2.05, 4.69) is 10.6 Å². The van der Waals surface area contributed by atoms with Gasteiger partial charge in [-0.2, -0.15) is 0 Å². The number of nitrogens with one attached hydrogen (secondary N) is 2. The highest BCUT2D eigenvalue weighted by atomic mass is 19.1. The third-order valence-electron chi connectivity index (χ3n) is 6.45. The van der Waals surface area contributed by atoms with Crippen LogP contribution in [0.15, 0.2) is 66.7 Å². The number of benzene rings is 3. The molecule has 0 aliphatic heterocycles. The Labute approximate surface area is 201 Å². The largest absolute Gasteiger partial charge is 0.489 e. The molecule has 1 saturated carbocycles. The van der Waals surface area contributed by atoms with Gasteiger partial charge in [-0.3, -0.25) is 4.79 Å². The molecule has 0 unspecified atom stereocenters. The van der Waals surface area contributed by atoms with Crippen LogP contribution in [0.3, 0.4) is 0 Å². The molecule has 5 heteroatoms. The Morgan fingerprint density at radius 1 is 0.971 bits per heavy atom. The fourth-order valence-electron chi connectivity index (χ4n) is 4.48. The molecule has 0 saturated heterocycles. The second-order valence-electron chi connectivity index (χ2n) is 9.19. The van der Waals surface area contributed by atoms with Crippen molar-refractivity contribution in [3.05, 3.63) is 83.7 Å². The van der Waals surface area contributed by atoms with E-state index in [0.29, 0.717) is 18.9 Å². The maximum absolute atomic E-state index is 13.0. The summed E-state index contributed by atoms with van der Waals surface area (Å²) < 4.78 is 18.9. The van der Waals surface area contributed by atoms with Crippen LogP contribution in [0, 0.1) is 18.7 Å².